The minimum atomic E-state index is -5.33. The molecular formula is C23H38F6O5. The molecule has 0 fully saturated rings. The minimum absolute atomic E-state index is 0.130. The van der Waals surface area contributed by atoms with Crippen molar-refractivity contribution in [3.05, 3.63) is 0 Å². The van der Waals surface area contributed by atoms with Gasteiger partial charge >= 0.3 is 24.3 Å². The van der Waals surface area contributed by atoms with Gasteiger partial charge in [-0.1, -0.05) is 90.4 Å². The number of hydrogen-bond acceptors (Lipinski definition) is 5. The van der Waals surface area contributed by atoms with Gasteiger partial charge in [-0.3, -0.25) is 0 Å². The maximum absolute atomic E-state index is 12.3. The summed E-state index contributed by atoms with van der Waals surface area (Å²) in [6.07, 6.45) is 3.64. The minimum Gasteiger partial charge on any atom is -0.455 e. The lowest BCUT2D eigenvalue weighted by molar-refractivity contribution is -0.216. The number of carbonyl (C=O) groups excluding carboxylic acids is 2. The van der Waals surface area contributed by atoms with Gasteiger partial charge in [0.05, 0.1) is 6.61 Å². The molecule has 0 rings (SSSR count). The summed E-state index contributed by atoms with van der Waals surface area (Å²) in [6.45, 7) is 0.519. The Morgan fingerprint density at radius 3 is 1.44 bits per heavy atom. The molecule has 0 aromatic rings. The predicted octanol–water partition coefficient (Wildman–Crippen LogP) is 7.06. The van der Waals surface area contributed by atoms with Crippen LogP contribution in [0.25, 0.3) is 0 Å². The molecule has 0 saturated heterocycles. The molecule has 1 atom stereocenters. The summed E-state index contributed by atoms with van der Waals surface area (Å²) in [6, 6.07) is 0. The first-order valence-corrected chi connectivity index (χ1v) is 12.1. The molecule has 0 aliphatic carbocycles. The maximum atomic E-state index is 12.3. The molecule has 1 unspecified atom stereocenters. The molecule has 0 aliphatic heterocycles. The van der Waals surface area contributed by atoms with Crippen molar-refractivity contribution >= 4 is 11.9 Å². The fourth-order valence-corrected chi connectivity index (χ4v) is 3.20. The molecule has 0 bridgehead atoms. The third-order valence-electron chi connectivity index (χ3n) is 5.08. The molecule has 11 heteroatoms. The average Bonchev–Trinajstić information content (AvgIpc) is 2.75. The van der Waals surface area contributed by atoms with Crippen molar-refractivity contribution in [1.82, 2.24) is 0 Å². The molecular weight excluding hydrogens is 470 g/mol. The van der Waals surface area contributed by atoms with E-state index in [0.29, 0.717) is 6.42 Å². The van der Waals surface area contributed by atoms with E-state index in [9.17, 15) is 35.9 Å². The van der Waals surface area contributed by atoms with Crippen molar-refractivity contribution in [2.75, 3.05) is 19.8 Å². The second-order valence-electron chi connectivity index (χ2n) is 8.29. The van der Waals surface area contributed by atoms with Gasteiger partial charge in [0.2, 0.25) is 0 Å². The van der Waals surface area contributed by atoms with Gasteiger partial charge in [-0.25, -0.2) is 9.59 Å². The summed E-state index contributed by atoms with van der Waals surface area (Å²) in [5.41, 5.74) is 0. The lowest BCUT2D eigenvalue weighted by Crippen LogP contribution is -2.37. The predicted molar refractivity (Wildman–Crippen MR) is 114 cm³/mol. The van der Waals surface area contributed by atoms with E-state index in [0.717, 1.165) is 25.7 Å². The van der Waals surface area contributed by atoms with Crippen LogP contribution in [0.3, 0.4) is 0 Å². The SMILES string of the molecule is CCCCCCCCCCCCCCCCOCC(COC(=O)C(F)(F)F)OC(=O)C(F)(F)F. The average molecular weight is 509 g/mol. The third kappa shape index (κ3) is 18.9. The Hall–Kier alpha value is -1.52. The third-order valence-corrected chi connectivity index (χ3v) is 5.08. The van der Waals surface area contributed by atoms with E-state index in [1.54, 1.807) is 0 Å². The van der Waals surface area contributed by atoms with Gasteiger partial charge in [0, 0.05) is 6.61 Å². The second-order valence-corrected chi connectivity index (χ2v) is 8.29. The summed E-state index contributed by atoms with van der Waals surface area (Å²) in [5.74, 6) is -5.19. The number of ether oxygens (including phenoxy) is 3. The van der Waals surface area contributed by atoms with Crippen LogP contribution in [-0.4, -0.2) is 50.2 Å². The summed E-state index contributed by atoms with van der Waals surface area (Å²) in [7, 11) is 0. The molecule has 0 aliphatic rings. The van der Waals surface area contributed by atoms with Crippen molar-refractivity contribution in [1.29, 1.82) is 0 Å². The fraction of sp³-hybridized carbons (Fsp3) is 0.913. The smallest absolute Gasteiger partial charge is 0.455 e. The standard InChI is InChI=1S/C23H38F6O5/c1-2-3-4-5-6-7-8-9-10-11-12-13-14-15-16-32-17-19(34-21(31)23(27,28)29)18-33-20(30)22(24,25)26/h19H,2-18H2,1H3. The highest BCUT2D eigenvalue weighted by Gasteiger charge is 2.44. The van der Waals surface area contributed by atoms with Gasteiger partial charge in [0.15, 0.2) is 6.10 Å². The zero-order chi connectivity index (χ0) is 25.9. The Kier molecular flexibility index (Phi) is 17.9. The molecule has 34 heavy (non-hydrogen) atoms. The van der Waals surface area contributed by atoms with Gasteiger partial charge in [0.25, 0.3) is 0 Å². The summed E-state index contributed by atoms with van der Waals surface area (Å²) >= 11 is 0. The van der Waals surface area contributed by atoms with Crippen LogP contribution >= 0.6 is 0 Å². The van der Waals surface area contributed by atoms with Crippen LogP contribution in [0, 0.1) is 0 Å². The zero-order valence-electron chi connectivity index (χ0n) is 19.9. The molecule has 0 radical (unpaired) electrons. The monoisotopic (exact) mass is 508 g/mol. The van der Waals surface area contributed by atoms with Crippen LogP contribution in [0.5, 0.6) is 0 Å². The lowest BCUT2D eigenvalue weighted by Gasteiger charge is -2.19. The van der Waals surface area contributed by atoms with E-state index in [2.05, 4.69) is 16.4 Å². The lowest BCUT2D eigenvalue weighted by atomic mass is 10.0. The molecule has 0 aromatic heterocycles. The number of alkyl halides is 6. The molecule has 0 N–H and O–H groups in total. The normalized spacial score (nSPS) is 13.0. The Morgan fingerprint density at radius 1 is 0.618 bits per heavy atom. The van der Waals surface area contributed by atoms with E-state index < -0.39 is 43.6 Å². The molecule has 0 spiro atoms. The first-order chi connectivity index (χ1) is 16.0. The molecule has 0 heterocycles. The first kappa shape index (κ1) is 32.5. The Bertz CT molecular complexity index is 537. The topological polar surface area (TPSA) is 61.8 Å². The van der Waals surface area contributed by atoms with Gasteiger partial charge in [-0.2, -0.15) is 26.3 Å². The molecule has 0 saturated carbocycles. The van der Waals surface area contributed by atoms with Gasteiger partial charge in [-0.15, -0.1) is 0 Å². The molecule has 5 nitrogen and oxygen atoms in total. The number of esters is 2. The van der Waals surface area contributed by atoms with Crippen LogP contribution in [-0.2, 0) is 23.8 Å². The van der Waals surface area contributed by atoms with Crippen molar-refractivity contribution in [2.24, 2.45) is 0 Å². The number of unbranched alkanes of at least 4 members (excludes halogenated alkanes) is 13. The summed E-state index contributed by atoms with van der Waals surface area (Å²) < 4.78 is 86.5. The first-order valence-electron chi connectivity index (χ1n) is 12.1. The molecule has 202 valence electrons. The fourth-order valence-electron chi connectivity index (χ4n) is 3.20. The van der Waals surface area contributed by atoms with Gasteiger partial charge < -0.3 is 14.2 Å². The van der Waals surface area contributed by atoms with Crippen LogP contribution < -0.4 is 0 Å². The van der Waals surface area contributed by atoms with Crippen molar-refractivity contribution in [3.8, 4) is 0 Å². The number of carbonyl (C=O) groups is 2. The van der Waals surface area contributed by atoms with Crippen LogP contribution in [0.1, 0.15) is 96.8 Å². The number of hydrogen-bond donors (Lipinski definition) is 0. The number of rotatable bonds is 20. The van der Waals surface area contributed by atoms with Crippen LogP contribution in [0.4, 0.5) is 26.3 Å². The van der Waals surface area contributed by atoms with Gasteiger partial charge in [0.1, 0.15) is 6.61 Å². The van der Waals surface area contributed by atoms with E-state index >= 15 is 0 Å². The Balaban J connectivity index is 3.89. The van der Waals surface area contributed by atoms with E-state index in [1.807, 2.05) is 0 Å². The van der Waals surface area contributed by atoms with E-state index in [4.69, 9.17) is 4.74 Å². The summed E-state index contributed by atoms with van der Waals surface area (Å²) in [5, 5.41) is 0. The number of halogens is 6. The Morgan fingerprint density at radius 2 is 1.03 bits per heavy atom. The molecule has 0 aromatic carbocycles. The second kappa shape index (κ2) is 18.8. The van der Waals surface area contributed by atoms with Crippen LogP contribution in [0.15, 0.2) is 0 Å². The summed E-state index contributed by atoms with van der Waals surface area (Å²) in [4.78, 5) is 21.6. The highest BCUT2D eigenvalue weighted by atomic mass is 19.4. The largest absolute Gasteiger partial charge is 0.490 e. The highest BCUT2D eigenvalue weighted by molar-refractivity contribution is 5.76. The van der Waals surface area contributed by atoms with Gasteiger partial charge in [-0.05, 0) is 6.42 Å². The molecule has 0 amide bonds. The highest BCUT2D eigenvalue weighted by Crippen LogP contribution is 2.20. The quantitative estimate of drug-likeness (QED) is 0.100. The Labute approximate surface area is 197 Å². The van der Waals surface area contributed by atoms with Crippen molar-refractivity contribution in [2.45, 2.75) is 115 Å². The zero-order valence-corrected chi connectivity index (χ0v) is 19.9. The van der Waals surface area contributed by atoms with E-state index in [1.165, 1.54) is 57.8 Å². The van der Waals surface area contributed by atoms with Crippen molar-refractivity contribution < 1.29 is 50.1 Å². The van der Waals surface area contributed by atoms with Crippen LogP contribution in [0.2, 0.25) is 0 Å². The van der Waals surface area contributed by atoms with E-state index in [-0.39, 0.29) is 6.61 Å². The maximum Gasteiger partial charge on any atom is 0.490 e. The van der Waals surface area contributed by atoms with Crippen molar-refractivity contribution in [3.63, 3.8) is 0 Å².